The molecule has 1 rings (SSSR count). The lowest BCUT2D eigenvalue weighted by molar-refractivity contribution is -0.137. The van der Waals surface area contributed by atoms with Crippen LogP contribution in [0.4, 0.5) is 4.79 Å². The normalized spacial score (nSPS) is 16.5. The summed E-state index contributed by atoms with van der Waals surface area (Å²) < 4.78 is 0. The number of rotatable bonds is 9. The maximum Gasteiger partial charge on any atom is 0.314 e. The van der Waals surface area contributed by atoms with Crippen molar-refractivity contribution in [3.63, 3.8) is 0 Å². The van der Waals surface area contributed by atoms with Gasteiger partial charge in [0.05, 0.1) is 0 Å². The smallest absolute Gasteiger partial charge is 0.314 e. The number of amides is 2. The number of carbonyl (C=O) groups is 2. The Morgan fingerprint density at radius 2 is 1.79 bits per heavy atom. The van der Waals surface area contributed by atoms with Crippen LogP contribution in [0.5, 0.6) is 0 Å². The number of nitrogens with one attached hydrogen (secondary N) is 2. The van der Waals surface area contributed by atoms with Crippen LogP contribution in [0.1, 0.15) is 58.3 Å². The van der Waals surface area contributed by atoms with Crippen LogP contribution in [0.25, 0.3) is 0 Å². The molecule has 0 spiro atoms. The summed E-state index contributed by atoms with van der Waals surface area (Å²) in [6.45, 7) is 3.63. The number of urea groups is 1. The van der Waals surface area contributed by atoms with Gasteiger partial charge in [0.25, 0.3) is 0 Å². The van der Waals surface area contributed by atoms with Crippen LogP contribution in [-0.4, -0.2) is 30.2 Å². The molecule has 0 saturated heterocycles. The van der Waals surface area contributed by atoms with Gasteiger partial charge in [-0.3, -0.25) is 4.79 Å². The van der Waals surface area contributed by atoms with Gasteiger partial charge in [-0.25, -0.2) is 4.79 Å². The Hall–Kier alpha value is -1.26. The molecule has 0 atom stereocenters. The summed E-state index contributed by atoms with van der Waals surface area (Å²) in [5.41, 5.74) is 0.314. The summed E-state index contributed by atoms with van der Waals surface area (Å²) in [5, 5.41) is 14.2. The molecule has 0 aromatic carbocycles. The highest BCUT2D eigenvalue weighted by atomic mass is 16.4. The molecule has 0 aromatic rings. The van der Waals surface area contributed by atoms with Crippen LogP contribution in [0.2, 0.25) is 0 Å². The molecule has 2 amide bonds. The van der Waals surface area contributed by atoms with E-state index in [1.807, 2.05) is 0 Å². The van der Waals surface area contributed by atoms with Gasteiger partial charge in [-0.1, -0.05) is 26.2 Å². The minimum absolute atomic E-state index is 0.0846. The largest absolute Gasteiger partial charge is 0.481 e. The Kier molecular flexibility index (Phi) is 6.67. The zero-order valence-electron chi connectivity index (χ0n) is 11.8. The molecule has 0 unspecified atom stereocenters. The van der Waals surface area contributed by atoms with Crippen molar-refractivity contribution in [1.82, 2.24) is 10.6 Å². The zero-order chi connectivity index (χ0) is 14.1. The van der Waals surface area contributed by atoms with E-state index >= 15 is 0 Å². The number of carboxylic acids is 1. The minimum atomic E-state index is -0.734. The molecular formula is C14H26N2O3. The summed E-state index contributed by atoms with van der Waals surface area (Å²) in [7, 11) is 0. The molecule has 1 fully saturated rings. The molecule has 110 valence electrons. The fraction of sp³-hybridized carbons (Fsp3) is 0.857. The highest BCUT2D eigenvalue weighted by Crippen LogP contribution is 2.39. The predicted molar refractivity (Wildman–Crippen MR) is 74.1 cm³/mol. The average molecular weight is 270 g/mol. The van der Waals surface area contributed by atoms with E-state index in [1.165, 1.54) is 19.3 Å². The SMILES string of the molecule is CC1(CNC(=O)NCCCCCCC(=O)O)CCC1. The fourth-order valence-electron chi connectivity index (χ4n) is 2.27. The fourth-order valence-corrected chi connectivity index (χ4v) is 2.27. The van der Waals surface area contributed by atoms with Gasteiger partial charge >= 0.3 is 12.0 Å². The van der Waals surface area contributed by atoms with Crippen LogP contribution in [0.15, 0.2) is 0 Å². The number of unbranched alkanes of at least 4 members (excludes halogenated alkanes) is 3. The second kappa shape index (κ2) is 8.02. The van der Waals surface area contributed by atoms with Crippen molar-refractivity contribution in [3.05, 3.63) is 0 Å². The van der Waals surface area contributed by atoms with Crippen molar-refractivity contribution < 1.29 is 14.7 Å². The minimum Gasteiger partial charge on any atom is -0.481 e. The second-order valence-electron chi connectivity index (χ2n) is 5.83. The molecule has 0 aliphatic heterocycles. The van der Waals surface area contributed by atoms with Crippen LogP contribution in [-0.2, 0) is 4.79 Å². The Bertz CT molecular complexity index is 301. The quantitative estimate of drug-likeness (QED) is 0.563. The van der Waals surface area contributed by atoms with Crippen molar-refractivity contribution in [2.24, 2.45) is 5.41 Å². The van der Waals surface area contributed by atoms with E-state index < -0.39 is 5.97 Å². The summed E-state index contributed by atoms with van der Waals surface area (Å²) in [6.07, 6.45) is 7.43. The van der Waals surface area contributed by atoms with E-state index in [4.69, 9.17) is 5.11 Å². The predicted octanol–water partition coefficient (Wildman–Crippen LogP) is 2.51. The van der Waals surface area contributed by atoms with E-state index in [-0.39, 0.29) is 12.5 Å². The van der Waals surface area contributed by atoms with Crippen LogP contribution in [0, 0.1) is 5.41 Å². The third-order valence-electron chi connectivity index (χ3n) is 3.84. The van der Waals surface area contributed by atoms with E-state index in [2.05, 4.69) is 17.6 Å². The molecule has 1 aliphatic carbocycles. The van der Waals surface area contributed by atoms with E-state index in [0.29, 0.717) is 12.0 Å². The molecule has 1 aliphatic rings. The van der Waals surface area contributed by atoms with Gasteiger partial charge in [0, 0.05) is 19.5 Å². The first-order chi connectivity index (χ1) is 9.02. The molecule has 0 radical (unpaired) electrons. The third-order valence-corrected chi connectivity index (χ3v) is 3.84. The van der Waals surface area contributed by atoms with E-state index in [9.17, 15) is 9.59 Å². The molecule has 3 N–H and O–H groups in total. The van der Waals surface area contributed by atoms with Crippen molar-refractivity contribution in [1.29, 1.82) is 0 Å². The van der Waals surface area contributed by atoms with Crippen molar-refractivity contribution in [3.8, 4) is 0 Å². The number of carboxylic acid groups (broad SMARTS) is 1. The topological polar surface area (TPSA) is 78.4 Å². The number of hydrogen-bond acceptors (Lipinski definition) is 2. The Labute approximate surface area is 115 Å². The molecule has 0 aromatic heterocycles. The molecule has 1 saturated carbocycles. The first-order valence-electron chi connectivity index (χ1n) is 7.25. The molecule has 0 bridgehead atoms. The van der Waals surface area contributed by atoms with Gasteiger partial charge < -0.3 is 15.7 Å². The third kappa shape index (κ3) is 7.03. The monoisotopic (exact) mass is 270 g/mol. The van der Waals surface area contributed by atoms with Crippen molar-refractivity contribution in [2.75, 3.05) is 13.1 Å². The lowest BCUT2D eigenvalue weighted by atomic mass is 9.70. The maximum atomic E-state index is 11.5. The Balaban J connectivity index is 1.88. The van der Waals surface area contributed by atoms with Gasteiger partial charge in [-0.05, 0) is 31.1 Å². The summed E-state index contributed by atoms with van der Waals surface area (Å²) in [6, 6.07) is -0.0846. The van der Waals surface area contributed by atoms with E-state index in [1.54, 1.807) is 0 Å². The van der Waals surface area contributed by atoms with Crippen LogP contribution in [0.3, 0.4) is 0 Å². The number of aliphatic carboxylic acids is 1. The maximum absolute atomic E-state index is 11.5. The Morgan fingerprint density at radius 3 is 2.37 bits per heavy atom. The summed E-state index contributed by atoms with van der Waals surface area (Å²) in [5.74, 6) is -0.734. The van der Waals surface area contributed by atoms with Gasteiger partial charge in [0.15, 0.2) is 0 Å². The molecular weight excluding hydrogens is 244 g/mol. The van der Waals surface area contributed by atoms with Crippen LogP contribution < -0.4 is 10.6 Å². The van der Waals surface area contributed by atoms with Crippen molar-refractivity contribution in [2.45, 2.75) is 58.3 Å². The standard InChI is InChI=1S/C14H26N2O3/c1-14(8-6-9-14)11-16-13(19)15-10-5-3-2-4-7-12(17)18/h2-11H2,1H3,(H,17,18)(H2,15,16,19). The van der Waals surface area contributed by atoms with Gasteiger partial charge in [0.1, 0.15) is 0 Å². The first kappa shape index (κ1) is 15.8. The van der Waals surface area contributed by atoms with Gasteiger partial charge in [0.2, 0.25) is 0 Å². The van der Waals surface area contributed by atoms with E-state index in [0.717, 1.165) is 32.2 Å². The van der Waals surface area contributed by atoms with Gasteiger partial charge in [-0.2, -0.15) is 0 Å². The van der Waals surface area contributed by atoms with Crippen molar-refractivity contribution >= 4 is 12.0 Å². The molecule has 0 heterocycles. The lowest BCUT2D eigenvalue weighted by Crippen LogP contribution is -2.44. The zero-order valence-corrected chi connectivity index (χ0v) is 11.8. The molecule has 19 heavy (non-hydrogen) atoms. The first-order valence-corrected chi connectivity index (χ1v) is 7.25. The summed E-state index contributed by atoms with van der Waals surface area (Å²) >= 11 is 0. The molecule has 5 heteroatoms. The Morgan fingerprint density at radius 1 is 1.11 bits per heavy atom. The highest BCUT2D eigenvalue weighted by Gasteiger charge is 2.31. The molecule has 5 nitrogen and oxygen atoms in total. The highest BCUT2D eigenvalue weighted by molar-refractivity contribution is 5.73. The summed E-state index contributed by atoms with van der Waals surface area (Å²) in [4.78, 5) is 21.8. The van der Waals surface area contributed by atoms with Crippen LogP contribution >= 0.6 is 0 Å². The van der Waals surface area contributed by atoms with Gasteiger partial charge in [-0.15, -0.1) is 0 Å². The average Bonchev–Trinajstić information content (AvgIpc) is 2.32. The number of carbonyl (C=O) groups excluding carboxylic acids is 1. The number of hydrogen-bond donors (Lipinski definition) is 3. The second-order valence-corrected chi connectivity index (χ2v) is 5.83. The lowest BCUT2D eigenvalue weighted by Gasteiger charge is -2.38.